The lowest BCUT2D eigenvalue weighted by molar-refractivity contribution is -0.0458. The molecular weight excluding hydrogens is 174 g/mol. The van der Waals surface area contributed by atoms with E-state index < -0.39 is 12.2 Å². The van der Waals surface area contributed by atoms with E-state index in [-0.39, 0.29) is 11.3 Å². The van der Waals surface area contributed by atoms with Crippen molar-refractivity contribution in [2.75, 3.05) is 0 Å². The van der Waals surface area contributed by atoms with Crippen LogP contribution in [0.4, 0.5) is 0 Å². The fraction of sp³-hybridized carbons (Fsp3) is 0.143. The molecule has 0 aliphatic carbocycles. The summed E-state index contributed by atoms with van der Waals surface area (Å²) < 4.78 is 0. The van der Waals surface area contributed by atoms with E-state index in [9.17, 15) is 4.79 Å². The third kappa shape index (κ3) is 2.22. The summed E-state index contributed by atoms with van der Waals surface area (Å²) >= 11 is 0. The maximum atomic E-state index is 10.9. The lowest BCUT2D eigenvalue weighted by Crippen LogP contribution is -2.30. The molecule has 70 valence electrons. The Hall–Kier alpha value is -1.50. The quantitative estimate of drug-likeness (QED) is 0.196. The van der Waals surface area contributed by atoms with Gasteiger partial charge in [0.05, 0.1) is 11.3 Å². The molecule has 1 heterocycles. The summed E-state index contributed by atoms with van der Waals surface area (Å²) in [7, 11) is 0. The number of carbonyl (C=O) groups is 1. The van der Waals surface area contributed by atoms with Crippen LogP contribution in [-0.4, -0.2) is 21.1 Å². The maximum Gasteiger partial charge on any atom is 0.266 e. The number of carbonyl (C=O) groups excluding carboxylic acids is 1. The number of aliphatic hydroxyl groups excluding tert-OH is 1. The summed E-state index contributed by atoms with van der Waals surface area (Å²) in [5.74, 6) is 4.40. The molecule has 1 aromatic rings. The summed E-state index contributed by atoms with van der Waals surface area (Å²) in [5.41, 5.74) is 2.26. The van der Waals surface area contributed by atoms with Crippen LogP contribution in [0, 0.1) is 0 Å². The van der Waals surface area contributed by atoms with Gasteiger partial charge in [0.2, 0.25) is 0 Å². The molecule has 0 saturated heterocycles. The van der Waals surface area contributed by atoms with Gasteiger partial charge in [-0.05, 0) is 12.1 Å². The number of pyridine rings is 1. The summed E-state index contributed by atoms with van der Waals surface area (Å²) in [5, 5.41) is 17.4. The molecule has 0 spiro atoms. The van der Waals surface area contributed by atoms with Crippen molar-refractivity contribution in [2.45, 2.75) is 6.29 Å². The van der Waals surface area contributed by atoms with Gasteiger partial charge in [0.1, 0.15) is 0 Å². The van der Waals surface area contributed by atoms with Crippen molar-refractivity contribution in [1.82, 2.24) is 10.4 Å². The molecular formula is C7H9N3O3. The Balaban J connectivity index is 2.87. The normalized spacial score (nSPS) is 10.2. The molecule has 0 aromatic carbocycles. The zero-order chi connectivity index (χ0) is 9.84. The summed E-state index contributed by atoms with van der Waals surface area (Å²) in [6.45, 7) is 0. The number of aliphatic hydroxyl groups is 2. The molecule has 0 radical (unpaired) electrons. The predicted molar refractivity (Wildman–Crippen MR) is 43.1 cm³/mol. The molecule has 13 heavy (non-hydrogen) atoms. The number of nitrogens with one attached hydrogen (secondary N) is 1. The van der Waals surface area contributed by atoms with Crippen molar-refractivity contribution in [1.29, 1.82) is 0 Å². The minimum Gasteiger partial charge on any atom is -0.363 e. The number of nitrogens with two attached hydrogens (primary N) is 1. The van der Waals surface area contributed by atoms with E-state index in [0.29, 0.717) is 0 Å². The molecule has 1 aromatic heterocycles. The molecule has 6 nitrogen and oxygen atoms in total. The van der Waals surface area contributed by atoms with E-state index in [1.54, 1.807) is 0 Å². The van der Waals surface area contributed by atoms with Gasteiger partial charge in [-0.2, -0.15) is 0 Å². The number of hydrogen-bond acceptors (Lipinski definition) is 5. The Labute approximate surface area is 74.0 Å². The Kier molecular flexibility index (Phi) is 2.91. The molecule has 0 fully saturated rings. The fourth-order valence-corrected chi connectivity index (χ4v) is 0.776. The van der Waals surface area contributed by atoms with Crippen LogP contribution >= 0.6 is 0 Å². The van der Waals surface area contributed by atoms with Gasteiger partial charge in [-0.15, -0.1) is 0 Å². The molecule has 1 rings (SSSR count). The number of rotatable bonds is 2. The van der Waals surface area contributed by atoms with Crippen LogP contribution in [0.25, 0.3) is 0 Å². The highest BCUT2D eigenvalue weighted by Crippen LogP contribution is 2.06. The lowest BCUT2D eigenvalue weighted by Gasteiger charge is -2.03. The monoisotopic (exact) mass is 183 g/mol. The minimum atomic E-state index is -1.63. The second-order valence-electron chi connectivity index (χ2n) is 2.32. The number of amides is 1. The first-order valence-electron chi connectivity index (χ1n) is 3.48. The molecule has 0 atom stereocenters. The van der Waals surface area contributed by atoms with Crippen molar-refractivity contribution in [2.24, 2.45) is 5.84 Å². The number of nitrogens with zero attached hydrogens (tertiary/aromatic N) is 1. The van der Waals surface area contributed by atoms with Gasteiger partial charge in [-0.25, -0.2) is 5.84 Å². The molecule has 0 aliphatic heterocycles. The van der Waals surface area contributed by atoms with Gasteiger partial charge in [0.25, 0.3) is 5.91 Å². The van der Waals surface area contributed by atoms with Crippen molar-refractivity contribution in [3.63, 3.8) is 0 Å². The Morgan fingerprint density at radius 2 is 2.23 bits per heavy atom. The Morgan fingerprint density at radius 1 is 1.54 bits per heavy atom. The Bertz CT molecular complexity index is 296. The van der Waals surface area contributed by atoms with Gasteiger partial charge >= 0.3 is 0 Å². The first-order chi connectivity index (χ1) is 6.15. The van der Waals surface area contributed by atoms with E-state index in [2.05, 4.69) is 4.98 Å². The van der Waals surface area contributed by atoms with Crippen molar-refractivity contribution < 1.29 is 15.0 Å². The van der Waals surface area contributed by atoms with E-state index in [0.717, 1.165) is 0 Å². The Morgan fingerprint density at radius 3 is 2.62 bits per heavy atom. The molecule has 0 saturated carbocycles. The van der Waals surface area contributed by atoms with Crippen molar-refractivity contribution in [3.8, 4) is 0 Å². The van der Waals surface area contributed by atoms with Crippen molar-refractivity contribution >= 4 is 5.91 Å². The average Bonchev–Trinajstić information content (AvgIpc) is 2.17. The van der Waals surface area contributed by atoms with Gasteiger partial charge in [-0.1, -0.05) is 0 Å². The molecule has 0 bridgehead atoms. The van der Waals surface area contributed by atoms with E-state index in [4.69, 9.17) is 16.1 Å². The fourth-order valence-electron chi connectivity index (χ4n) is 0.776. The number of nitrogen functional groups attached to an aromatic ring is 1. The largest absolute Gasteiger partial charge is 0.363 e. The van der Waals surface area contributed by atoms with Crippen LogP contribution in [0.1, 0.15) is 22.3 Å². The SMILES string of the molecule is NNC(=O)c1ccc(C(O)O)nc1. The zero-order valence-corrected chi connectivity index (χ0v) is 6.64. The van der Waals surface area contributed by atoms with Gasteiger partial charge < -0.3 is 10.2 Å². The second kappa shape index (κ2) is 3.94. The highest BCUT2D eigenvalue weighted by molar-refractivity contribution is 5.93. The van der Waals surface area contributed by atoms with E-state index in [1.807, 2.05) is 5.43 Å². The second-order valence-corrected chi connectivity index (χ2v) is 2.32. The zero-order valence-electron chi connectivity index (χ0n) is 6.64. The first-order valence-corrected chi connectivity index (χ1v) is 3.48. The summed E-state index contributed by atoms with van der Waals surface area (Å²) in [6.07, 6.45) is -0.424. The highest BCUT2D eigenvalue weighted by Gasteiger charge is 2.06. The van der Waals surface area contributed by atoms with Crippen LogP contribution in [0.2, 0.25) is 0 Å². The lowest BCUT2D eigenvalue weighted by atomic mass is 10.2. The predicted octanol–water partition coefficient (Wildman–Crippen LogP) is -1.33. The highest BCUT2D eigenvalue weighted by atomic mass is 16.5. The van der Waals surface area contributed by atoms with Gasteiger partial charge in [0.15, 0.2) is 6.29 Å². The molecule has 5 N–H and O–H groups in total. The first kappa shape index (κ1) is 9.59. The van der Waals surface area contributed by atoms with Crippen LogP contribution in [-0.2, 0) is 0 Å². The van der Waals surface area contributed by atoms with Crippen LogP contribution in [0.3, 0.4) is 0 Å². The number of hydrazine groups is 1. The van der Waals surface area contributed by atoms with Crippen LogP contribution in [0.15, 0.2) is 18.3 Å². The van der Waals surface area contributed by atoms with Crippen LogP contribution in [0.5, 0.6) is 0 Å². The maximum absolute atomic E-state index is 10.9. The van der Waals surface area contributed by atoms with Gasteiger partial charge in [-0.3, -0.25) is 15.2 Å². The molecule has 0 aliphatic rings. The number of aromatic nitrogens is 1. The molecule has 0 unspecified atom stereocenters. The smallest absolute Gasteiger partial charge is 0.266 e. The van der Waals surface area contributed by atoms with E-state index in [1.165, 1.54) is 18.3 Å². The topological polar surface area (TPSA) is 108 Å². The summed E-state index contributed by atoms with van der Waals surface area (Å²) in [4.78, 5) is 14.5. The standard InChI is InChI=1S/C7H9N3O3/c8-10-6(11)4-1-2-5(7(12)13)9-3-4/h1-3,7,12-13H,8H2,(H,10,11). The molecule has 6 heteroatoms. The third-order valence-electron chi connectivity index (χ3n) is 1.44. The average molecular weight is 183 g/mol. The van der Waals surface area contributed by atoms with Crippen LogP contribution < -0.4 is 11.3 Å². The van der Waals surface area contributed by atoms with Gasteiger partial charge in [0, 0.05) is 6.20 Å². The van der Waals surface area contributed by atoms with E-state index >= 15 is 0 Å². The number of hydrogen-bond donors (Lipinski definition) is 4. The third-order valence-corrected chi connectivity index (χ3v) is 1.44. The summed E-state index contributed by atoms with van der Waals surface area (Å²) in [6, 6.07) is 2.72. The van der Waals surface area contributed by atoms with Crippen molar-refractivity contribution in [3.05, 3.63) is 29.6 Å². The molecule has 1 amide bonds. The minimum absolute atomic E-state index is 0.0774.